The van der Waals surface area contributed by atoms with Crippen LogP contribution in [0.2, 0.25) is 0 Å². The largest absolute Gasteiger partial charge is 0.387 e. The van der Waals surface area contributed by atoms with Crippen molar-refractivity contribution in [3.05, 3.63) is 78.4 Å². The van der Waals surface area contributed by atoms with E-state index in [9.17, 15) is 5.11 Å². The first-order chi connectivity index (χ1) is 13.7. The maximum absolute atomic E-state index is 11.0. The molecule has 0 saturated carbocycles. The van der Waals surface area contributed by atoms with Crippen molar-refractivity contribution in [2.24, 2.45) is 0 Å². The Morgan fingerprint density at radius 3 is 2.36 bits per heavy atom. The molecule has 0 aliphatic carbocycles. The Balaban J connectivity index is 1.82. The molecule has 3 nitrogen and oxygen atoms in total. The molecule has 0 aliphatic rings. The van der Waals surface area contributed by atoms with Crippen molar-refractivity contribution in [1.82, 2.24) is 9.88 Å². The van der Waals surface area contributed by atoms with E-state index in [0.29, 0.717) is 6.54 Å². The zero-order valence-electron chi connectivity index (χ0n) is 16.5. The molecule has 1 heterocycles. The summed E-state index contributed by atoms with van der Waals surface area (Å²) >= 11 is 0. The number of hydrogen-bond acceptors (Lipinski definition) is 3. The lowest BCUT2D eigenvalue weighted by Gasteiger charge is -2.23. The highest BCUT2D eigenvalue weighted by Crippen LogP contribution is 2.30. The first-order valence-electron chi connectivity index (χ1n) is 9.99. The third-order valence-corrected chi connectivity index (χ3v) is 5.48. The van der Waals surface area contributed by atoms with Gasteiger partial charge >= 0.3 is 0 Å². The number of aromatic nitrogens is 1. The Morgan fingerprint density at radius 2 is 1.57 bits per heavy atom. The smallest absolute Gasteiger partial charge is 0.0924 e. The van der Waals surface area contributed by atoms with Crippen molar-refractivity contribution < 1.29 is 5.11 Å². The van der Waals surface area contributed by atoms with E-state index in [4.69, 9.17) is 4.98 Å². The summed E-state index contributed by atoms with van der Waals surface area (Å²) in [6.07, 6.45) is -0.549. The van der Waals surface area contributed by atoms with E-state index in [1.807, 2.05) is 24.3 Å². The Hall–Kier alpha value is -2.75. The second kappa shape index (κ2) is 8.09. The molecule has 0 saturated heterocycles. The zero-order chi connectivity index (χ0) is 19.5. The van der Waals surface area contributed by atoms with Crippen LogP contribution in [0.3, 0.4) is 0 Å². The maximum atomic E-state index is 11.0. The predicted molar refractivity (Wildman–Crippen MR) is 117 cm³/mol. The summed E-state index contributed by atoms with van der Waals surface area (Å²) in [7, 11) is 0. The number of hydrogen-bond donors (Lipinski definition) is 1. The van der Waals surface area contributed by atoms with Crippen molar-refractivity contribution >= 4 is 21.7 Å². The van der Waals surface area contributed by atoms with Crippen LogP contribution in [0.1, 0.15) is 25.5 Å². The monoisotopic (exact) mass is 370 g/mol. The molecule has 0 bridgehead atoms. The third kappa shape index (κ3) is 3.64. The molecule has 3 aromatic carbocycles. The lowest BCUT2D eigenvalue weighted by molar-refractivity contribution is 0.120. The van der Waals surface area contributed by atoms with Crippen LogP contribution in [-0.2, 0) is 0 Å². The number of pyridine rings is 1. The SMILES string of the molecule is CCN(CC)C[C@@H](O)c1cc(-c2ccc3ccccc3c2)nc2ccccc12. The van der Waals surface area contributed by atoms with Gasteiger partial charge in [-0.15, -0.1) is 0 Å². The van der Waals surface area contributed by atoms with Gasteiger partial charge in [0.05, 0.1) is 17.3 Å². The van der Waals surface area contributed by atoms with E-state index in [1.54, 1.807) is 0 Å². The van der Waals surface area contributed by atoms with E-state index in [1.165, 1.54) is 10.8 Å². The summed E-state index contributed by atoms with van der Waals surface area (Å²) in [5.74, 6) is 0. The lowest BCUT2D eigenvalue weighted by Crippen LogP contribution is -2.28. The summed E-state index contributed by atoms with van der Waals surface area (Å²) in [5.41, 5.74) is 3.83. The second-order valence-corrected chi connectivity index (χ2v) is 7.18. The van der Waals surface area contributed by atoms with Gasteiger partial charge in [0.25, 0.3) is 0 Å². The number of likely N-dealkylation sites (N-methyl/N-ethyl adjacent to an activating group) is 1. The van der Waals surface area contributed by atoms with Crippen molar-refractivity contribution in [2.75, 3.05) is 19.6 Å². The molecule has 142 valence electrons. The third-order valence-electron chi connectivity index (χ3n) is 5.48. The minimum atomic E-state index is -0.549. The van der Waals surface area contributed by atoms with Gasteiger partial charge in [0.1, 0.15) is 0 Å². The summed E-state index contributed by atoms with van der Waals surface area (Å²) < 4.78 is 0. The minimum absolute atomic E-state index is 0.549. The van der Waals surface area contributed by atoms with Gasteiger partial charge in [0, 0.05) is 17.5 Å². The molecule has 28 heavy (non-hydrogen) atoms. The highest BCUT2D eigenvalue weighted by Gasteiger charge is 2.17. The van der Waals surface area contributed by atoms with Crippen LogP contribution in [0.25, 0.3) is 32.9 Å². The molecular formula is C25H26N2O. The van der Waals surface area contributed by atoms with Crippen molar-refractivity contribution in [2.45, 2.75) is 20.0 Å². The standard InChI is InChI=1S/C25H26N2O/c1-3-27(4-2)17-25(28)22-16-24(26-23-12-8-7-11-21(22)23)20-14-13-18-9-5-6-10-19(18)15-20/h5-16,25,28H,3-4,17H2,1-2H3/t25-/m1/s1. The molecule has 0 fully saturated rings. The topological polar surface area (TPSA) is 36.4 Å². The van der Waals surface area contributed by atoms with Gasteiger partial charge in [-0.1, -0.05) is 68.4 Å². The Morgan fingerprint density at radius 1 is 0.857 bits per heavy atom. The fraction of sp³-hybridized carbons (Fsp3) is 0.240. The average Bonchev–Trinajstić information content (AvgIpc) is 2.76. The van der Waals surface area contributed by atoms with E-state index in [0.717, 1.165) is 40.8 Å². The van der Waals surface area contributed by atoms with Gasteiger partial charge in [0.15, 0.2) is 0 Å². The van der Waals surface area contributed by atoms with Gasteiger partial charge in [-0.2, -0.15) is 0 Å². The first kappa shape index (κ1) is 18.6. The number of aliphatic hydroxyl groups is 1. The molecule has 1 aromatic heterocycles. The van der Waals surface area contributed by atoms with Crippen LogP contribution in [0.5, 0.6) is 0 Å². The molecule has 4 aromatic rings. The fourth-order valence-corrected chi connectivity index (χ4v) is 3.80. The number of nitrogens with zero attached hydrogens (tertiary/aromatic N) is 2. The second-order valence-electron chi connectivity index (χ2n) is 7.18. The summed E-state index contributed by atoms with van der Waals surface area (Å²) in [6, 6.07) is 24.9. The van der Waals surface area contributed by atoms with Crippen molar-refractivity contribution in [1.29, 1.82) is 0 Å². The number of aliphatic hydroxyl groups excluding tert-OH is 1. The fourth-order valence-electron chi connectivity index (χ4n) is 3.80. The van der Waals surface area contributed by atoms with E-state index in [-0.39, 0.29) is 0 Å². The number of fused-ring (bicyclic) bond motifs is 2. The summed E-state index contributed by atoms with van der Waals surface area (Å²) in [6.45, 7) is 6.73. The van der Waals surface area contributed by atoms with Crippen molar-refractivity contribution in [3.63, 3.8) is 0 Å². The molecule has 1 N–H and O–H groups in total. The molecule has 0 unspecified atom stereocenters. The Labute approximate surface area is 166 Å². The van der Waals surface area contributed by atoms with E-state index in [2.05, 4.69) is 67.3 Å². The predicted octanol–water partition coefficient (Wildman–Crippen LogP) is 5.43. The van der Waals surface area contributed by atoms with Gasteiger partial charge in [0.2, 0.25) is 0 Å². The van der Waals surface area contributed by atoms with Crippen molar-refractivity contribution in [3.8, 4) is 11.3 Å². The van der Waals surface area contributed by atoms with Gasteiger partial charge in [-0.25, -0.2) is 4.98 Å². The van der Waals surface area contributed by atoms with Gasteiger partial charge < -0.3 is 10.0 Å². The average molecular weight is 370 g/mol. The normalized spacial score (nSPS) is 12.7. The summed E-state index contributed by atoms with van der Waals surface area (Å²) in [5, 5.41) is 14.5. The molecule has 1 atom stereocenters. The molecule has 0 amide bonds. The molecule has 4 rings (SSSR count). The van der Waals surface area contributed by atoms with E-state index < -0.39 is 6.10 Å². The zero-order valence-corrected chi connectivity index (χ0v) is 16.5. The highest BCUT2D eigenvalue weighted by molar-refractivity contribution is 5.89. The van der Waals surface area contributed by atoms with Crippen LogP contribution >= 0.6 is 0 Å². The van der Waals surface area contributed by atoms with Crippen LogP contribution in [0.4, 0.5) is 0 Å². The highest BCUT2D eigenvalue weighted by atomic mass is 16.3. The van der Waals surface area contributed by atoms with Gasteiger partial charge in [-0.3, -0.25) is 0 Å². The van der Waals surface area contributed by atoms with Gasteiger partial charge in [-0.05, 0) is 47.6 Å². The Kier molecular flexibility index (Phi) is 5.38. The number of para-hydroxylation sites is 1. The number of benzene rings is 3. The molecule has 0 spiro atoms. The quantitative estimate of drug-likeness (QED) is 0.492. The van der Waals surface area contributed by atoms with Crippen LogP contribution < -0.4 is 0 Å². The Bertz CT molecular complexity index is 1100. The van der Waals surface area contributed by atoms with Crippen LogP contribution in [-0.4, -0.2) is 34.6 Å². The maximum Gasteiger partial charge on any atom is 0.0924 e. The molecular weight excluding hydrogens is 344 g/mol. The number of rotatable bonds is 6. The van der Waals surface area contributed by atoms with Crippen LogP contribution in [0, 0.1) is 0 Å². The summed E-state index contributed by atoms with van der Waals surface area (Å²) in [4.78, 5) is 7.14. The minimum Gasteiger partial charge on any atom is -0.387 e. The first-order valence-corrected chi connectivity index (χ1v) is 9.99. The molecule has 0 radical (unpaired) electrons. The molecule has 0 aliphatic heterocycles. The van der Waals surface area contributed by atoms with Crippen LogP contribution in [0.15, 0.2) is 72.8 Å². The molecule has 3 heteroatoms. The lowest BCUT2D eigenvalue weighted by atomic mass is 9.98. The van der Waals surface area contributed by atoms with E-state index >= 15 is 0 Å².